The first kappa shape index (κ1) is 25.3. The highest BCUT2D eigenvalue weighted by molar-refractivity contribution is 6.30. The molecule has 1 aliphatic rings. The average molecular weight is 528 g/mol. The van der Waals surface area contributed by atoms with E-state index in [0.29, 0.717) is 41.4 Å². The van der Waals surface area contributed by atoms with Gasteiger partial charge >= 0.3 is 0 Å². The van der Waals surface area contributed by atoms with Gasteiger partial charge in [0.15, 0.2) is 0 Å². The van der Waals surface area contributed by atoms with Crippen LogP contribution in [-0.2, 0) is 7.05 Å². The Kier molecular flexibility index (Phi) is 6.81. The van der Waals surface area contributed by atoms with Gasteiger partial charge in [-0.05, 0) is 48.9 Å². The predicted octanol–water partition coefficient (Wildman–Crippen LogP) is 4.16. The summed E-state index contributed by atoms with van der Waals surface area (Å²) >= 11 is 6.09. The molecule has 10 heteroatoms. The van der Waals surface area contributed by atoms with Crippen molar-refractivity contribution in [3.05, 3.63) is 98.4 Å². The zero-order valence-electron chi connectivity index (χ0n) is 20.8. The first-order valence-corrected chi connectivity index (χ1v) is 12.4. The molecule has 0 bridgehead atoms. The van der Waals surface area contributed by atoms with Gasteiger partial charge in [0.05, 0.1) is 28.0 Å². The fourth-order valence-corrected chi connectivity index (χ4v) is 5.26. The topological polar surface area (TPSA) is 102 Å². The van der Waals surface area contributed by atoms with Gasteiger partial charge in [-0.15, -0.1) is 0 Å². The van der Waals surface area contributed by atoms with Crippen LogP contribution in [0, 0.1) is 28.5 Å². The highest BCUT2D eigenvalue weighted by Gasteiger charge is 2.34. The maximum absolute atomic E-state index is 13.7. The normalized spacial score (nSPS) is 16.7. The second kappa shape index (κ2) is 10.2. The molecule has 1 aromatic carbocycles. The monoisotopic (exact) mass is 527 g/mol. The molecule has 2 atom stereocenters. The van der Waals surface area contributed by atoms with E-state index in [1.165, 1.54) is 16.7 Å². The molecule has 0 spiro atoms. The lowest BCUT2D eigenvalue weighted by atomic mass is 9.97. The summed E-state index contributed by atoms with van der Waals surface area (Å²) in [5, 5.41) is 19.9. The van der Waals surface area contributed by atoms with E-state index in [9.17, 15) is 19.7 Å². The summed E-state index contributed by atoms with van der Waals surface area (Å²) < 4.78 is 15.1. The van der Waals surface area contributed by atoms with E-state index in [0.717, 1.165) is 11.3 Å². The molecular formula is C28H23ClFN7O. The molecule has 0 aliphatic carbocycles. The number of piperazine rings is 1. The molecule has 5 rings (SSSR count). The molecule has 4 aromatic rings. The summed E-state index contributed by atoms with van der Waals surface area (Å²) in [5.41, 5.74) is 2.89. The molecule has 0 saturated carbocycles. The Balaban J connectivity index is 1.56. The van der Waals surface area contributed by atoms with Crippen LogP contribution < -0.4 is 10.5 Å². The number of hydrogen-bond donors (Lipinski definition) is 0. The van der Waals surface area contributed by atoms with E-state index in [2.05, 4.69) is 27.9 Å². The number of hydrogen-bond acceptors (Lipinski definition) is 7. The summed E-state index contributed by atoms with van der Waals surface area (Å²) in [6, 6.07) is 17.1. The highest BCUT2D eigenvalue weighted by atomic mass is 35.5. The molecule has 38 heavy (non-hydrogen) atoms. The molecule has 0 radical (unpaired) electrons. The Morgan fingerprint density at radius 2 is 1.84 bits per heavy atom. The van der Waals surface area contributed by atoms with Crippen LogP contribution in [0.15, 0.2) is 59.5 Å². The first-order valence-electron chi connectivity index (χ1n) is 12.0. The Morgan fingerprint density at radius 1 is 1.08 bits per heavy atom. The number of fused-ring (bicyclic) bond motifs is 1. The standard InChI is InChI=1S/C28H23ClFN7O/c1-17-16-36(27-22(14-32)28(38)35(2)24-10-8-21(13-31)34-25(24)27)11-12-37(17)26(18-3-6-20(30)7-4-18)23-9-5-19(29)15-33-23/h3-10,15,17,26H,11-12,16H2,1-2H3/t17-,26?/m1/s1. The third kappa shape index (κ3) is 4.47. The number of aryl methyl sites for hydroxylation is 1. The summed E-state index contributed by atoms with van der Waals surface area (Å²) in [6.45, 7) is 3.60. The number of nitrogens with zero attached hydrogens (tertiary/aromatic N) is 7. The van der Waals surface area contributed by atoms with E-state index in [4.69, 9.17) is 11.6 Å². The minimum atomic E-state index is -0.411. The molecule has 3 aromatic heterocycles. The minimum Gasteiger partial charge on any atom is -0.366 e. The van der Waals surface area contributed by atoms with Crippen LogP contribution in [0.2, 0.25) is 5.02 Å². The summed E-state index contributed by atoms with van der Waals surface area (Å²) in [7, 11) is 1.59. The largest absolute Gasteiger partial charge is 0.366 e. The highest BCUT2D eigenvalue weighted by Crippen LogP contribution is 2.34. The van der Waals surface area contributed by atoms with Crippen LogP contribution >= 0.6 is 11.6 Å². The number of aromatic nitrogens is 3. The van der Waals surface area contributed by atoms with E-state index >= 15 is 0 Å². The zero-order valence-corrected chi connectivity index (χ0v) is 21.5. The smallest absolute Gasteiger partial charge is 0.270 e. The summed E-state index contributed by atoms with van der Waals surface area (Å²) in [6.07, 6.45) is 1.60. The maximum Gasteiger partial charge on any atom is 0.270 e. The molecule has 1 fully saturated rings. The molecule has 0 N–H and O–H groups in total. The number of nitriles is 2. The molecule has 1 aliphatic heterocycles. The van der Waals surface area contributed by atoms with E-state index in [1.807, 2.05) is 17.0 Å². The second-order valence-corrected chi connectivity index (χ2v) is 9.70. The molecule has 4 heterocycles. The van der Waals surface area contributed by atoms with Crippen molar-refractivity contribution in [3.63, 3.8) is 0 Å². The van der Waals surface area contributed by atoms with Crippen molar-refractivity contribution in [1.29, 1.82) is 10.5 Å². The Bertz CT molecular complexity index is 1610. The molecule has 1 unspecified atom stereocenters. The summed E-state index contributed by atoms with van der Waals surface area (Å²) in [5.74, 6) is -0.319. The molecule has 8 nitrogen and oxygen atoms in total. The third-order valence-electron chi connectivity index (χ3n) is 6.98. The van der Waals surface area contributed by atoms with Crippen molar-refractivity contribution in [2.45, 2.75) is 19.0 Å². The Hall–Kier alpha value is -4.31. The van der Waals surface area contributed by atoms with Gasteiger partial charge < -0.3 is 9.47 Å². The number of rotatable bonds is 4. The molecule has 190 valence electrons. The summed E-state index contributed by atoms with van der Waals surface area (Å²) in [4.78, 5) is 26.4. The van der Waals surface area contributed by atoms with Crippen molar-refractivity contribution >= 4 is 28.3 Å². The van der Waals surface area contributed by atoms with Crippen LogP contribution in [0.4, 0.5) is 10.1 Å². The van der Waals surface area contributed by atoms with Crippen molar-refractivity contribution in [3.8, 4) is 12.1 Å². The number of pyridine rings is 3. The van der Waals surface area contributed by atoms with Gasteiger partial charge in [0.2, 0.25) is 0 Å². The number of anilines is 1. The van der Waals surface area contributed by atoms with Gasteiger partial charge in [-0.2, -0.15) is 10.5 Å². The van der Waals surface area contributed by atoms with Crippen molar-refractivity contribution in [2.75, 3.05) is 24.5 Å². The van der Waals surface area contributed by atoms with Crippen molar-refractivity contribution < 1.29 is 4.39 Å². The lowest BCUT2D eigenvalue weighted by Crippen LogP contribution is -2.53. The molecule has 1 saturated heterocycles. The lowest BCUT2D eigenvalue weighted by molar-refractivity contribution is 0.147. The fraction of sp³-hybridized carbons (Fsp3) is 0.250. The van der Waals surface area contributed by atoms with Crippen LogP contribution in [0.5, 0.6) is 0 Å². The fourth-order valence-electron chi connectivity index (χ4n) is 5.15. The first-order chi connectivity index (χ1) is 18.3. The Labute approximate surface area is 223 Å². The minimum absolute atomic E-state index is 0.00214. The van der Waals surface area contributed by atoms with Gasteiger partial charge in [-0.3, -0.25) is 14.7 Å². The molecule has 0 amide bonds. The van der Waals surface area contributed by atoms with Crippen LogP contribution in [0.3, 0.4) is 0 Å². The number of halogens is 2. The van der Waals surface area contributed by atoms with Gasteiger partial charge in [-0.1, -0.05) is 23.7 Å². The average Bonchev–Trinajstić information content (AvgIpc) is 2.93. The Morgan fingerprint density at radius 3 is 2.47 bits per heavy atom. The van der Waals surface area contributed by atoms with E-state index < -0.39 is 5.56 Å². The van der Waals surface area contributed by atoms with E-state index in [1.54, 1.807) is 43.6 Å². The maximum atomic E-state index is 13.7. The predicted molar refractivity (Wildman–Crippen MR) is 142 cm³/mol. The molecular weight excluding hydrogens is 505 g/mol. The third-order valence-corrected chi connectivity index (χ3v) is 7.21. The quantitative estimate of drug-likeness (QED) is 0.392. The van der Waals surface area contributed by atoms with Crippen molar-refractivity contribution in [2.24, 2.45) is 7.05 Å². The SMILES string of the molecule is C[C@@H]1CN(c2c(C#N)c(=O)n(C)c3ccc(C#N)nc23)CCN1C(c1ccc(F)cc1)c1ccc(Cl)cn1. The van der Waals surface area contributed by atoms with Crippen LogP contribution in [0.25, 0.3) is 11.0 Å². The van der Waals surface area contributed by atoms with Gasteiger partial charge in [0, 0.05) is 38.9 Å². The second-order valence-electron chi connectivity index (χ2n) is 9.26. The van der Waals surface area contributed by atoms with Gasteiger partial charge in [0.25, 0.3) is 5.56 Å². The van der Waals surface area contributed by atoms with Gasteiger partial charge in [-0.25, -0.2) is 9.37 Å². The van der Waals surface area contributed by atoms with Crippen LogP contribution in [-0.4, -0.2) is 45.1 Å². The van der Waals surface area contributed by atoms with E-state index in [-0.39, 0.29) is 29.2 Å². The number of benzene rings is 1. The zero-order chi connectivity index (χ0) is 27.0. The van der Waals surface area contributed by atoms with Crippen molar-refractivity contribution in [1.82, 2.24) is 19.4 Å². The van der Waals surface area contributed by atoms with Crippen LogP contribution in [0.1, 0.15) is 35.5 Å². The van der Waals surface area contributed by atoms with Gasteiger partial charge in [0.1, 0.15) is 34.7 Å². The lowest BCUT2D eigenvalue weighted by Gasteiger charge is -2.45.